The Kier molecular flexibility index (Phi) is 5.69. The summed E-state index contributed by atoms with van der Waals surface area (Å²) < 4.78 is 0. The number of rotatable bonds is 5. The SMILES string of the molecule is O=C(Nc1cccc(-c2cscn2)c1)C1CCN(Cc2cccc(O)c2)CC1. The molecule has 1 aromatic heterocycles. The van der Waals surface area contributed by atoms with E-state index in [1.165, 1.54) is 0 Å². The molecule has 0 bridgehead atoms. The third kappa shape index (κ3) is 4.58. The molecule has 2 heterocycles. The number of thiazole rings is 1. The molecule has 1 saturated heterocycles. The minimum atomic E-state index is 0.0309. The largest absolute Gasteiger partial charge is 0.508 e. The average molecular weight is 394 g/mol. The molecule has 28 heavy (non-hydrogen) atoms. The van der Waals surface area contributed by atoms with Crippen LogP contribution in [0.2, 0.25) is 0 Å². The highest BCUT2D eigenvalue weighted by atomic mass is 32.1. The molecule has 1 aliphatic heterocycles. The van der Waals surface area contributed by atoms with Crippen LogP contribution in [0.15, 0.2) is 59.4 Å². The summed E-state index contributed by atoms with van der Waals surface area (Å²) >= 11 is 1.56. The van der Waals surface area contributed by atoms with E-state index in [9.17, 15) is 9.90 Å². The molecule has 2 N–H and O–H groups in total. The highest BCUT2D eigenvalue weighted by Gasteiger charge is 2.25. The van der Waals surface area contributed by atoms with E-state index in [0.717, 1.165) is 55.0 Å². The molecule has 0 spiro atoms. The number of hydrogen-bond donors (Lipinski definition) is 2. The van der Waals surface area contributed by atoms with Gasteiger partial charge in [-0.3, -0.25) is 9.69 Å². The molecule has 144 valence electrons. The van der Waals surface area contributed by atoms with Gasteiger partial charge in [0.15, 0.2) is 0 Å². The number of phenols is 1. The van der Waals surface area contributed by atoms with Crippen molar-refractivity contribution in [2.24, 2.45) is 5.92 Å². The van der Waals surface area contributed by atoms with Crippen molar-refractivity contribution in [3.63, 3.8) is 0 Å². The zero-order valence-electron chi connectivity index (χ0n) is 15.5. The zero-order chi connectivity index (χ0) is 19.3. The number of amides is 1. The Morgan fingerprint density at radius 3 is 2.75 bits per heavy atom. The smallest absolute Gasteiger partial charge is 0.227 e. The first-order valence-corrected chi connectivity index (χ1v) is 10.4. The molecule has 5 nitrogen and oxygen atoms in total. The number of likely N-dealkylation sites (tertiary alicyclic amines) is 1. The number of hydrogen-bond acceptors (Lipinski definition) is 5. The van der Waals surface area contributed by atoms with Crippen LogP contribution in [0.1, 0.15) is 18.4 Å². The normalized spacial score (nSPS) is 15.4. The van der Waals surface area contributed by atoms with Crippen molar-refractivity contribution >= 4 is 22.9 Å². The van der Waals surface area contributed by atoms with Crippen LogP contribution in [0.25, 0.3) is 11.3 Å². The second kappa shape index (κ2) is 8.54. The molecule has 4 rings (SSSR count). The Bertz CT molecular complexity index is 934. The van der Waals surface area contributed by atoms with E-state index in [1.807, 2.05) is 47.3 Å². The minimum absolute atomic E-state index is 0.0309. The number of nitrogens with one attached hydrogen (secondary N) is 1. The lowest BCUT2D eigenvalue weighted by Crippen LogP contribution is -2.37. The van der Waals surface area contributed by atoms with Gasteiger partial charge in [-0.05, 0) is 55.8 Å². The molecule has 3 aromatic rings. The number of benzene rings is 2. The molecular formula is C22H23N3O2S. The van der Waals surface area contributed by atoms with Gasteiger partial charge >= 0.3 is 0 Å². The first-order valence-electron chi connectivity index (χ1n) is 9.47. The maximum Gasteiger partial charge on any atom is 0.227 e. The Labute approximate surface area is 168 Å². The maximum atomic E-state index is 12.7. The van der Waals surface area contributed by atoms with Gasteiger partial charge in [0, 0.05) is 29.1 Å². The summed E-state index contributed by atoms with van der Waals surface area (Å²) in [6, 6.07) is 15.2. The number of nitrogens with zero attached hydrogens (tertiary/aromatic N) is 2. The van der Waals surface area contributed by atoms with Gasteiger partial charge in [0.25, 0.3) is 0 Å². The molecule has 1 aliphatic rings. The monoisotopic (exact) mass is 393 g/mol. The van der Waals surface area contributed by atoms with E-state index in [1.54, 1.807) is 23.5 Å². The van der Waals surface area contributed by atoms with E-state index in [0.29, 0.717) is 5.75 Å². The summed E-state index contributed by atoms with van der Waals surface area (Å²) in [7, 11) is 0. The van der Waals surface area contributed by atoms with Crippen LogP contribution >= 0.6 is 11.3 Å². The molecule has 0 saturated carbocycles. The molecule has 1 fully saturated rings. The highest BCUT2D eigenvalue weighted by Crippen LogP contribution is 2.25. The average Bonchev–Trinajstić information content (AvgIpc) is 3.24. The minimum Gasteiger partial charge on any atom is -0.508 e. The van der Waals surface area contributed by atoms with Crippen molar-refractivity contribution in [1.29, 1.82) is 0 Å². The van der Waals surface area contributed by atoms with E-state index < -0.39 is 0 Å². The van der Waals surface area contributed by atoms with Crippen molar-refractivity contribution in [1.82, 2.24) is 9.88 Å². The van der Waals surface area contributed by atoms with Crippen LogP contribution < -0.4 is 5.32 Å². The van der Waals surface area contributed by atoms with Crippen LogP contribution in [-0.2, 0) is 11.3 Å². The highest BCUT2D eigenvalue weighted by molar-refractivity contribution is 7.07. The first kappa shape index (κ1) is 18.7. The zero-order valence-corrected chi connectivity index (χ0v) is 16.4. The van der Waals surface area contributed by atoms with E-state index in [2.05, 4.69) is 15.2 Å². The lowest BCUT2D eigenvalue weighted by atomic mass is 9.95. The van der Waals surface area contributed by atoms with Crippen LogP contribution in [0, 0.1) is 5.92 Å². The van der Waals surface area contributed by atoms with Gasteiger partial charge in [-0.1, -0.05) is 24.3 Å². The number of phenolic OH excluding ortho intramolecular Hbond substituents is 1. The molecule has 0 aliphatic carbocycles. The van der Waals surface area contributed by atoms with Gasteiger partial charge in [-0.2, -0.15) is 0 Å². The van der Waals surface area contributed by atoms with Crippen LogP contribution in [0.4, 0.5) is 5.69 Å². The van der Waals surface area contributed by atoms with E-state index >= 15 is 0 Å². The number of aromatic nitrogens is 1. The summed E-state index contributed by atoms with van der Waals surface area (Å²) in [5.41, 5.74) is 5.67. The van der Waals surface area contributed by atoms with Crippen molar-refractivity contribution in [3.05, 3.63) is 65.0 Å². The van der Waals surface area contributed by atoms with E-state index in [4.69, 9.17) is 0 Å². The fraction of sp³-hybridized carbons (Fsp3) is 0.273. The Hall–Kier alpha value is -2.70. The second-order valence-corrected chi connectivity index (χ2v) is 7.88. The lowest BCUT2D eigenvalue weighted by molar-refractivity contribution is -0.121. The third-order valence-corrected chi connectivity index (χ3v) is 5.72. The van der Waals surface area contributed by atoms with Crippen molar-refractivity contribution in [2.45, 2.75) is 19.4 Å². The molecule has 2 aromatic carbocycles. The summed E-state index contributed by atoms with van der Waals surface area (Å²) in [5, 5.41) is 14.7. The Morgan fingerprint density at radius 1 is 1.18 bits per heavy atom. The molecule has 6 heteroatoms. The van der Waals surface area contributed by atoms with Gasteiger partial charge in [0.05, 0.1) is 11.2 Å². The summed E-state index contributed by atoms with van der Waals surface area (Å²) in [6.07, 6.45) is 1.69. The number of piperidine rings is 1. The first-order chi connectivity index (χ1) is 13.7. The van der Waals surface area contributed by atoms with Crippen LogP contribution in [0.5, 0.6) is 5.75 Å². The predicted octanol–water partition coefficient (Wildman–Crippen LogP) is 4.37. The van der Waals surface area contributed by atoms with Crippen molar-refractivity contribution < 1.29 is 9.90 Å². The van der Waals surface area contributed by atoms with Crippen molar-refractivity contribution in [3.8, 4) is 17.0 Å². The molecule has 0 radical (unpaired) electrons. The predicted molar refractivity (Wildman–Crippen MR) is 112 cm³/mol. The Morgan fingerprint density at radius 2 is 2.00 bits per heavy atom. The van der Waals surface area contributed by atoms with Gasteiger partial charge < -0.3 is 10.4 Å². The summed E-state index contributed by atoms with van der Waals surface area (Å²) in [5.74, 6) is 0.419. The van der Waals surface area contributed by atoms with Gasteiger partial charge in [-0.15, -0.1) is 11.3 Å². The van der Waals surface area contributed by atoms with Crippen molar-refractivity contribution in [2.75, 3.05) is 18.4 Å². The van der Waals surface area contributed by atoms with Gasteiger partial charge in [0.1, 0.15) is 5.75 Å². The lowest BCUT2D eigenvalue weighted by Gasteiger charge is -2.31. The quantitative estimate of drug-likeness (QED) is 0.676. The van der Waals surface area contributed by atoms with Crippen LogP contribution in [0.3, 0.4) is 0 Å². The standard InChI is InChI=1S/C22H23N3O2S/c26-20-6-1-3-16(11-20)13-25-9-7-17(8-10-25)22(27)24-19-5-2-4-18(12-19)21-14-28-15-23-21/h1-6,11-12,14-15,17,26H,7-10,13H2,(H,24,27). The number of carbonyl (C=O) groups excluding carboxylic acids is 1. The topological polar surface area (TPSA) is 65.5 Å². The van der Waals surface area contributed by atoms with Crippen LogP contribution in [-0.4, -0.2) is 34.0 Å². The molecule has 1 amide bonds. The number of aromatic hydroxyl groups is 1. The van der Waals surface area contributed by atoms with Gasteiger partial charge in [0.2, 0.25) is 5.91 Å². The molecule has 0 atom stereocenters. The maximum absolute atomic E-state index is 12.7. The Balaban J connectivity index is 1.31. The molecular weight excluding hydrogens is 370 g/mol. The fourth-order valence-corrected chi connectivity index (χ4v) is 4.18. The van der Waals surface area contributed by atoms with E-state index in [-0.39, 0.29) is 11.8 Å². The second-order valence-electron chi connectivity index (χ2n) is 7.16. The summed E-state index contributed by atoms with van der Waals surface area (Å²) in [4.78, 5) is 19.4. The number of anilines is 1. The third-order valence-electron chi connectivity index (χ3n) is 5.13. The fourth-order valence-electron chi connectivity index (χ4n) is 3.62. The molecule has 0 unspecified atom stereocenters. The van der Waals surface area contributed by atoms with Gasteiger partial charge in [-0.25, -0.2) is 4.98 Å². The summed E-state index contributed by atoms with van der Waals surface area (Å²) in [6.45, 7) is 2.57. The number of carbonyl (C=O) groups is 1.